The molecule has 1 aromatic rings. The summed E-state index contributed by atoms with van der Waals surface area (Å²) in [7, 11) is 2.02. The lowest BCUT2D eigenvalue weighted by Gasteiger charge is -2.18. The second-order valence-electron chi connectivity index (χ2n) is 3.32. The highest BCUT2D eigenvalue weighted by Gasteiger charge is 2.26. The van der Waals surface area contributed by atoms with Gasteiger partial charge in [0, 0.05) is 18.8 Å². The van der Waals surface area contributed by atoms with E-state index in [2.05, 4.69) is 4.90 Å². The molecule has 1 nitrogen and oxygen atoms in total. The Labute approximate surface area is 71.8 Å². The van der Waals surface area contributed by atoms with Crippen molar-refractivity contribution in [3.63, 3.8) is 0 Å². The lowest BCUT2D eigenvalue weighted by Crippen LogP contribution is -2.19. The van der Waals surface area contributed by atoms with Crippen molar-refractivity contribution in [2.75, 3.05) is 11.9 Å². The van der Waals surface area contributed by atoms with Crippen molar-refractivity contribution in [1.82, 2.24) is 0 Å². The minimum atomic E-state index is -0.153. The normalized spacial score (nSPS) is 16.2. The van der Waals surface area contributed by atoms with Gasteiger partial charge in [0.25, 0.3) is 0 Å². The van der Waals surface area contributed by atoms with E-state index in [0.717, 1.165) is 5.69 Å². The highest BCUT2D eigenvalue weighted by Crippen LogP contribution is 2.29. The fourth-order valence-corrected chi connectivity index (χ4v) is 1.37. The third-order valence-electron chi connectivity index (χ3n) is 2.31. The summed E-state index contributed by atoms with van der Waals surface area (Å²) in [5.74, 6) is -0.153. The Bertz CT molecular complexity index is 281. The van der Waals surface area contributed by atoms with Crippen LogP contribution in [0.15, 0.2) is 24.3 Å². The predicted molar refractivity (Wildman–Crippen MR) is 47.8 cm³/mol. The number of anilines is 1. The zero-order valence-electron chi connectivity index (χ0n) is 7.13. The Morgan fingerprint density at radius 1 is 1.42 bits per heavy atom. The molecule has 0 heterocycles. The van der Waals surface area contributed by atoms with E-state index in [0.29, 0.717) is 6.04 Å². The fraction of sp³-hybridized carbons (Fsp3) is 0.400. The molecular weight excluding hydrogens is 153 g/mol. The Morgan fingerprint density at radius 3 is 2.75 bits per heavy atom. The van der Waals surface area contributed by atoms with Crippen molar-refractivity contribution in [2.45, 2.75) is 18.9 Å². The molecule has 0 unspecified atom stereocenters. The van der Waals surface area contributed by atoms with Crippen LogP contribution in [-0.4, -0.2) is 13.1 Å². The molecule has 1 fully saturated rings. The van der Waals surface area contributed by atoms with Crippen LogP contribution in [0, 0.1) is 5.82 Å². The third-order valence-corrected chi connectivity index (χ3v) is 2.31. The molecule has 0 bridgehead atoms. The van der Waals surface area contributed by atoms with Crippen LogP contribution in [0.1, 0.15) is 12.8 Å². The van der Waals surface area contributed by atoms with E-state index in [4.69, 9.17) is 0 Å². The number of rotatable bonds is 2. The predicted octanol–water partition coefficient (Wildman–Crippen LogP) is 2.42. The van der Waals surface area contributed by atoms with E-state index < -0.39 is 0 Å². The van der Waals surface area contributed by atoms with Crippen LogP contribution < -0.4 is 4.90 Å². The van der Waals surface area contributed by atoms with Crippen molar-refractivity contribution in [2.24, 2.45) is 0 Å². The Morgan fingerprint density at radius 2 is 2.17 bits per heavy atom. The molecule has 0 aliphatic heterocycles. The van der Waals surface area contributed by atoms with Gasteiger partial charge < -0.3 is 4.90 Å². The fourth-order valence-electron chi connectivity index (χ4n) is 1.37. The first-order valence-electron chi connectivity index (χ1n) is 4.26. The lowest BCUT2D eigenvalue weighted by molar-refractivity contribution is 0.627. The van der Waals surface area contributed by atoms with E-state index in [-0.39, 0.29) is 5.82 Å². The first-order chi connectivity index (χ1) is 5.77. The van der Waals surface area contributed by atoms with E-state index >= 15 is 0 Å². The molecule has 1 aliphatic carbocycles. The molecule has 2 rings (SSSR count). The molecule has 0 aromatic heterocycles. The first kappa shape index (κ1) is 7.59. The van der Waals surface area contributed by atoms with Crippen molar-refractivity contribution in [3.05, 3.63) is 30.1 Å². The van der Waals surface area contributed by atoms with Crippen molar-refractivity contribution < 1.29 is 4.39 Å². The van der Waals surface area contributed by atoms with Gasteiger partial charge in [-0.2, -0.15) is 0 Å². The van der Waals surface area contributed by atoms with Crippen LogP contribution in [0.4, 0.5) is 10.1 Å². The highest BCUT2D eigenvalue weighted by molar-refractivity contribution is 5.47. The van der Waals surface area contributed by atoms with Gasteiger partial charge in [-0.05, 0) is 31.0 Å². The van der Waals surface area contributed by atoms with E-state index in [1.165, 1.54) is 18.9 Å². The molecule has 0 amide bonds. The molecule has 1 aromatic carbocycles. The smallest absolute Gasteiger partial charge is 0.125 e. The van der Waals surface area contributed by atoms with Gasteiger partial charge in [-0.15, -0.1) is 0 Å². The van der Waals surface area contributed by atoms with Gasteiger partial charge in [-0.1, -0.05) is 6.07 Å². The van der Waals surface area contributed by atoms with Gasteiger partial charge in [0.15, 0.2) is 0 Å². The minimum absolute atomic E-state index is 0.153. The SMILES string of the molecule is CN(c1cccc(F)c1)C1CC1. The zero-order valence-corrected chi connectivity index (χ0v) is 7.13. The maximum Gasteiger partial charge on any atom is 0.125 e. The Hall–Kier alpha value is -1.05. The van der Waals surface area contributed by atoms with Crippen LogP contribution in [0.2, 0.25) is 0 Å². The summed E-state index contributed by atoms with van der Waals surface area (Å²) in [6, 6.07) is 7.40. The quantitative estimate of drug-likeness (QED) is 0.650. The van der Waals surface area contributed by atoms with Crippen LogP contribution in [0.5, 0.6) is 0 Å². The highest BCUT2D eigenvalue weighted by atomic mass is 19.1. The molecule has 0 radical (unpaired) electrons. The van der Waals surface area contributed by atoms with Crippen LogP contribution >= 0.6 is 0 Å². The number of nitrogens with zero attached hydrogens (tertiary/aromatic N) is 1. The van der Waals surface area contributed by atoms with Crippen LogP contribution in [0.3, 0.4) is 0 Å². The van der Waals surface area contributed by atoms with Crippen molar-refractivity contribution >= 4 is 5.69 Å². The molecule has 2 heteroatoms. The molecule has 0 spiro atoms. The lowest BCUT2D eigenvalue weighted by atomic mass is 10.3. The van der Waals surface area contributed by atoms with Gasteiger partial charge >= 0.3 is 0 Å². The average Bonchev–Trinajstić information content (AvgIpc) is 2.85. The second kappa shape index (κ2) is 2.77. The minimum Gasteiger partial charge on any atom is -0.372 e. The molecule has 64 valence electrons. The Kier molecular flexibility index (Phi) is 1.75. The summed E-state index contributed by atoms with van der Waals surface area (Å²) in [5, 5.41) is 0. The summed E-state index contributed by atoms with van der Waals surface area (Å²) in [5.41, 5.74) is 0.984. The Balaban J connectivity index is 2.20. The maximum absolute atomic E-state index is 12.8. The van der Waals surface area contributed by atoms with Gasteiger partial charge in [0.1, 0.15) is 5.82 Å². The summed E-state index contributed by atoms with van der Waals surface area (Å²) in [6.07, 6.45) is 2.49. The number of hydrogen-bond donors (Lipinski definition) is 0. The van der Waals surface area contributed by atoms with Crippen LogP contribution in [-0.2, 0) is 0 Å². The number of halogens is 1. The largest absolute Gasteiger partial charge is 0.372 e. The summed E-state index contributed by atoms with van der Waals surface area (Å²) in [4.78, 5) is 2.14. The monoisotopic (exact) mass is 165 g/mol. The maximum atomic E-state index is 12.8. The summed E-state index contributed by atoms with van der Waals surface area (Å²) in [6.45, 7) is 0. The molecule has 0 N–H and O–H groups in total. The van der Waals surface area contributed by atoms with E-state index in [1.807, 2.05) is 13.1 Å². The van der Waals surface area contributed by atoms with Gasteiger partial charge in [0.05, 0.1) is 0 Å². The number of hydrogen-bond acceptors (Lipinski definition) is 1. The first-order valence-corrected chi connectivity index (χ1v) is 4.26. The topological polar surface area (TPSA) is 3.24 Å². The standard InChI is InChI=1S/C10H12FN/c1-12(9-5-6-9)10-4-2-3-8(11)7-10/h2-4,7,9H,5-6H2,1H3. The van der Waals surface area contributed by atoms with E-state index in [1.54, 1.807) is 12.1 Å². The van der Waals surface area contributed by atoms with Gasteiger partial charge in [-0.3, -0.25) is 0 Å². The second-order valence-corrected chi connectivity index (χ2v) is 3.32. The van der Waals surface area contributed by atoms with Gasteiger partial charge in [0.2, 0.25) is 0 Å². The average molecular weight is 165 g/mol. The molecule has 1 saturated carbocycles. The summed E-state index contributed by atoms with van der Waals surface area (Å²) >= 11 is 0. The number of benzene rings is 1. The van der Waals surface area contributed by atoms with Crippen molar-refractivity contribution in [3.8, 4) is 0 Å². The van der Waals surface area contributed by atoms with Crippen LogP contribution in [0.25, 0.3) is 0 Å². The molecule has 12 heavy (non-hydrogen) atoms. The van der Waals surface area contributed by atoms with Gasteiger partial charge in [-0.25, -0.2) is 4.39 Å². The van der Waals surface area contributed by atoms with Crippen molar-refractivity contribution in [1.29, 1.82) is 0 Å². The molecular formula is C10H12FN. The molecule has 1 aliphatic rings. The zero-order chi connectivity index (χ0) is 8.55. The molecule has 0 atom stereocenters. The van der Waals surface area contributed by atoms with E-state index in [9.17, 15) is 4.39 Å². The summed E-state index contributed by atoms with van der Waals surface area (Å²) < 4.78 is 12.8. The molecule has 0 saturated heterocycles. The third kappa shape index (κ3) is 1.42.